The van der Waals surface area contributed by atoms with E-state index in [1.165, 1.54) is 5.56 Å². The Labute approximate surface area is 128 Å². The Morgan fingerprint density at radius 1 is 1.36 bits per heavy atom. The molecule has 1 aliphatic rings. The van der Waals surface area contributed by atoms with Crippen LogP contribution in [0.25, 0.3) is 22.2 Å². The number of fused-ring (bicyclic) bond motifs is 3. The molecule has 5 nitrogen and oxygen atoms in total. The summed E-state index contributed by atoms with van der Waals surface area (Å²) in [6.45, 7) is 3.03. The van der Waals surface area contributed by atoms with E-state index in [0.717, 1.165) is 40.7 Å². The fourth-order valence-electron chi connectivity index (χ4n) is 3.17. The van der Waals surface area contributed by atoms with Crippen molar-refractivity contribution in [3.05, 3.63) is 48.0 Å². The van der Waals surface area contributed by atoms with Crippen LogP contribution in [-0.4, -0.2) is 32.3 Å². The van der Waals surface area contributed by atoms with Crippen LogP contribution in [0.5, 0.6) is 0 Å². The van der Waals surface area contributed by atoms with Gasteiger partial charge in [0.1, 0.15) is 5.65 Å². The first-order valence-electron chi connectivity index (χ1n) is 7.38. The second-order valence-corrected chi connectivity index (χ2v) is 5.62. The fraction of sp³-hybridized carbons (Fsp3) is 0.235. The van der Waals surface area contributed by atoms with E-state index in [9.17, 15) is 4.79 Å². The molecule has 0 bridgehead atoms. The van der Waals surface area contributed by atoms with Gasteiger partial charge < -0.3 is 9.88 Å². The number of H-pyrrole nitrogens is 1. The highest BCUT2D eigenvalue weighted by molar-refractivity contribution is 5.96. The first-order valence-corrected chi connectivity index (χ1v) is 7.38. The monoisotopic (exact) mass is 292 g/mol. The first kappa shape index (κ1) is 13.0. The van der Waals surface area contributed by atoms with Gasteiger partial charge in [-0.05, 0) is 23.6 Å². The molecule has 1 N–H and O–H groups in total. The van der Waals surface area contributed by atoms with Crippen molar-refractivity contribution in [1.82, 2.24) is 19.9 Å². The summed E-state index contributed by atoms with van der Waals surface area (Å²) >= 11 is 0. The third kappa shape index (κ3) is 1.97. The minimum atomic E-state index is 0.118. The van der Waals surface area contributed by atoms with Crippen LogP contribution in [0.1, 0.15) is 18.1 Å². The number of hydrogen-bond acceptors (Lipinski definition) is 3. The van der Waals surface area contributed by atoms with Gasteiger partial charge in [0.25, 0.3) is 0 Å². The topological polar surface area (TPSA) is 61.9 Å². The van der Waals surface area contributed by atoms with E-state index < -0.39 is 0 Å². The number of nitrogens with zero attached hydrogens (tertiary/aromatic N) is 3. The third-order valence-corrected chi connectivity index (χ3v) is 4.31. The molecule has 1 amide bonds. The summed E-state index contributed by atoms with van der Waals surface area (Å²) in [5.41, 5.74) is 5.54. The van der Waals surface area contributed by atoms with Crippen molar-refractivity contribution < 1.29 is 4.79 Å². The Balaban J connectivity index is 1.89. The number of aromatic nitrogens is 3. The molecule has 0 spiro atoms. The number of amides is 1. The maximum Gasteiger partial charge on any atom is 0.219 e. The molecule has 4 heterocycles. The molecule has 110 valence electrons. The van der Waals surface area contributed by atoms with E-state index in [1.54, 1.807) is 13.1 Å². The zero-order valence-electron chi connectivity index (χ0n) is 12.3. The Kier molecular flexibility index (Phi) is 2.92. The number of hydrogen-bond donors (Lipinski definition) is 1. The number of aromatic amines is 1. The molecule has 3 aromatic heterocycles. The van der Waals surface area contributed by atoms with Gasteiger partial charge in [-0.1, -0.05) is 6.07 Å². The molecular formula is C17H16N4O. The molecule has 0 radical (unpaired) electrons. The minimum absolute atomic E-state index is 0.118. The third-order valence-electron chi connectivity index (χ3n) is 4.31. The Morgan fingerprint density at radius 2 is 2.27 bits per heavy atom. The second kappa shape index (κ2) is 4.94. The summed E-state index contributed by atoms with van der Waals surface area (Å²) < 4.78 is 0. The zero-order chi connectivity index (χ0) is 15.1. The van der Waals surface area contributed by atoms with E-state index >= 15 is 0 Å². The van der Waals surface area contributed by atoms with Crippen LogP contribution in [0.15, 0.2) is 36.9 Å². The number of carbonyl (C=O) groups excluding carboxylic acids is 1. The first-order chi connectivity index (χ1) is 10.7. The lowest BCUT2D eigenvalue weighted by Crippen LogP contribution is -2.34. The largest absolute Gasteiger partial charge is 0.346 e. The van der Waals surface area contributed by atoms with Crippen LogP contribution in [0.4, 0.5) is 0 Å². The highest BCUT2D eigenvalue weighted by Crippen LogP contribution is 2.33. The predicted molar refractivity (Wildman–Crippen MR) is 84.1 cm³/mol. The Bertz CT molecular complexity index is 854. The zero-order valence-corrected chi connectivity index (χ0v) is 12.3. The molecule has 5 heteroatoms. The Morgan fingerprint density at radius 3 is 3.05 bits per heavy atom. The molecule has 0 saturated heterocycles. The summed E-state index contributed by atoms with van der Waals surface area (Å²) in [7, 11) is 0. The molecule has 0 atom stereocenters. The van der Waals surface area contributed by atoms with Crippen LogP contribution < -0.4 is 0 Å². The lowest BCUT2D eigenvalue weighted by molar-refractivity contribution is -0.129. The summed E-state index contributed by atoms with van der Waals surface area (Å²) in [5, 5.41) is 1.16. The molecule has 3 aromatic rings. The molecule has 0 unspecified atom stereocenters. The van der Waals surface area contributed by atoms with Gasteiger partial charge in [0.2, 0.25) is 5.91 Å². The van der Waals surface area contributed by atoms with E-state index in [1.807, 2.05) is 29.6 Å². The maximum absolute atomic E-state index is 11.6. The van der Waals surface area contributed by atoms with E-state index in [2.05, 4.69) is 21.0 Å². The second-order valence-electron chi connectivity index (χ2n) is 5.62. The number of rotatable bonds is 1. The molecule has 4 rings (SSSR count). The van der Waals surface area contributed by atoms with Crippen molar-refractivity contribution in [3.8, 4) is 11.1 Å². The van der Waals surface area contributed by atoms with Crippen molar-refractivity contribution in [2.75, 3.05) is 6.54 Å². The lowest BCUT2D eigenvalue weighted by atomic mass is 9.95. The van der Waals surface area contributed by atoms with Crippen molar-refractivity contribution in [2.45, 2.75) is 19.9 Å². The van der Waals surface area contributed by atoms with Gasteiger partial charge in [-0.3, -0.25) is 9.78 Å². The van der Waals surface area contributed by atoms with Crippen molar-refractivity contribution in [1.29, 1.82) is 0 Å². The molecule has 0 saturated carbocycles. The SMILES string of the molecule is CC(=O)N1CCc2c(cnc3[nH]cc(-c4cccnc4)c23)C1. The van der Waals surface area contributed by atoms with Gasteiger partial charge in [-0.15, -0.1) is 0 Å². The highest BCUT2D eigenvalue weighted by Gasteiger charge is 2.22. The molecule has 1 aliphatic heterocycles. The minimum Gasteiger partial charge on any atom is -0.346 e. The highest BCUT2D eigenvalue weighted by atomic mass is 16.2. The van der Waals surface area contributed by atoms with Crippen LogP contribution in [0, 0.1) is 0 Å². The average molecular weight is 292 g/mol. The fourth-order valence-corrected chi connectivity index (χ4v) is 3.17. The van der Waals surface area contributed by atoms with Crippen LogP contribution in [-0.2, 0) is 17.8 Å². The predicted octanol–water partition coefficient (Wildman–Crippen LogP) is 2.53. The lowest BCUT2D eigenvalue weighted by Gasteiger charge is -2.28. The smallest absolute Gasteiger partial charge is 0.219 e. The van der Waals surface area contributed by atoms with Gasteiger partial charge in [0, 0.05) is 61.3 Å². The van der Waals surface area contributed by atoms with Gasteiger partial charge in [0.05, 0.1) is 0 Å². The summed E-state index contributed by atoms with van der Waals surface area (Å²) in [4.78, 5) is 25.4. The van der Waals surface area contributed by atoms with E-state index in [-0.39, 0.29) is 5.91 Å². The quantitative estimate of drug-likeness (QED) is 0.749. The number of nitrogens with one attached hydrogen (secondary N) is 1. The normalized spacial score (nSPS) is 14.1. The average Bonchev–Trinajstić information content (AvgIpc) is 2.99. The molecular weight excluding hydrogens is 276 g/mol. The molecule has 22 heavy (non-hydrogen) atoms. The van der Waals surface area contributed by atoms with Gasteiger partial charge in [-0.25, -0.2) is 4.98 Å². The number of pyridine rings is 2. The van der Waals surface area contributed by atoms with Gasteiger partial charge >= 0.3 is 0 Å². The van der Waals surface area contributed by atoms with Crippen LogP contribution >= 0.6 is 0 Å². The van der Waals surface area contributed by atoms with Gasteiger partial charge in [-0.2, -0.15) is 0 Å². The van der Waals surface area contributed by atoms with Gasteiger partial charge in [0.15, 0.2) is 0 Å². The van der Waals surface area contributed by atoms with Crippen LogP contribution in [0.2, 0.25) is 0 Å². The molecule has 0 fully saturated rings. The summed E-state index contributed by atoms with van der Waals surface area (Å²) in [6.07, 6.45) is 8.38. The number of carbonyl (C=O) groups is 1. The molecule has 0 aromatic carbocycles. The van der Waals surface area contributed by atoms with Crippen molar-refractivity contribution >= 4 is 16.9 Å². The van der Waals surface area contributed by atoms with E-state index in [4.69, 9.17) is 0 Å². The van der Waals surface area contributed by atoms with Crippen molar-refractivity contribution in [2.24, 2.45) is 0 Å². The van der Waals surface area contributed by atoms with Crippen molar-refractivity contribution in [3.63, 3.8) is 0 Å². The molecule has 0 aliphatic carbocycles. The maximum atomic E-state index is 11.6. The standard InChI is InChI=1S/C17H16N4O/c1-11(22)21-6-4-14-13(10-21)8-19-17-16(14)15(9-20-17)12-3-2-5-18-7-12/h2-3,5,7-9H,4,6,10H2,1H3,(H,19,20). The summed E-state index contributed by atoms with van der Waals surface area (Å²) in [5.74, 6) is 0.118. The van der Waals surface area contributed by atoms with Crippen LogP contribution in [0.3, 0.4) is 0 Å². The van der Waals surface area contributed by atoms with E-state index in [0.29, 0.717) is 6.54 Å². The summed E-state index contributed by atoms with van der Waals surface area (Å²) in [6, 6.07) is 3.99. The Hall–Kier alpha value is -2.69.